The van der Waals surface area contributed by atoms with Gasteiger partial charge in [0, 0.05) is 37.2 Å². The molecule has 12 heteroatoms. The number of Topliss-reactive ketones (excluding diaryl/α,β-unsaturated/α-hetero) is 3. The Hall–Kier alpha value is -3.61. The predicted octanol–water partition coefficient (Wildman–Crippen LogP) is -1.44. The normalized spacial score (nSPS) is 30.9. The van der Waals surface area contributed by atoms with E-state index in [1.54, 1.807) is 14.1 Å². The van der Waals surface area contributed by atoms with Crippen LogP contribution in [0.5, 0.6) is 5.75 Å². The van der Waals surface area contributed by atoms with Gasteiger partial charge in [0.2, 0.25) is 5.91 Å². The molecule has 198 valence electrons. The minimum Gasteiger partial charge on any atom is -0.508 e. The second-order valence-electron chi connectivity index (χ2n) is 10.3. The van der Waals surface area contributed by atoms with E-state index in [2.05, 4.69) is 0 Å². The molecule has 0 bridgehead atoms. The second kappa shape index (κ2) is 8.75. The number of fused-ring (bicyclic) bond motifs is 3. The van der Waals surface area contributed by atoms with Crippen LogP contribution in [-0.2, 0) is 20.8 Å². The van der Waals surface area contributed by atoms with E-state index >= 15 is 0 Å². The summed E-state index contributed by atoms with van der Waals surface area (Å²) in [7, 11) is 5.90. The van der Waals surface area contributed by atoms with Crippen LogP contribution in [0.1, 0.15) is 32.7 Å². The largest absolute Gasteiger partial charge is 0.508 e. The molecule has 0 aromatic heterocycles. The third-order valence-electron chi connectivity index (χ3n) is 7.82. The molecule has 1 saturated carbocycles. The summed E-state index contributed by atoms with van der Waals surface area (Å²) in [5, 5.41) is 44.3. The first kappa shape index (κ1) is 26.5. The first-order valence-electron chi connectivity index (χ1n) is 11.7. The zero-order valence-electron chi connectivity index (χ0n) is 20.8. The highest BCUT2D eigenvalue weighted by molar-refractivity contribution is 6.43. The number of phenols is 1. The number of allylic oxidation sites excluding steroid dienone is 1. The van der Waals surface area contributed by atoms with E-state index in [1.165, 1.54) is 25.1 Å². The van der Waals surface area contributed by atoms with E-state index in [0.717, 1.165) is 11.0 Å². The highest BCUT2D eigenvalue weighted by atomic mass is 16.4. The van der Waals surface area contributed by atoms with Crippen LogP contribution in [0.2, 0.25) is 0 Å². The fraction of sp³-hybridized carbons (Fsp3) is 0.480. The summed E-state index contributed by atoms with van der Waals surface area (Å²) in [6.45, 7) is 0. The monoisotopic (exact) mass is 515 g/mol. The molecule has 0 spiro atoms. The van der Waals surface area contributed by atoms with Crippen molar-refractivity contribution in [2.75, 3.05) is 28.2 Å². The molecule has 6 atom stereocenters. The number of aliphatic hydroxyl groups excluding tert-OH is 2. The van der Waals surface area contributed by atoms with E-state index < -0.39 is 76.2 Å². The van der Waals surface area contributed by atoms with Gasteiger partial charge in [-0.05, 0) is 50.6 Å². The van der Waals surface area contributed by atoms with Crippen LogP contribution in [-0.4, -0.2) is 105 Å². The molecule has 4 rings (SSSR count). The van der Waals surface area contributed by atoms with Gasteiger partial charge in [0.1, 0.15) is 17.4 Å². The van der Waals surface area contributed by atoms with Crippen molar-refractivity contribution < 1.29 is 44.4 Å². The fourth-order valence-electron chi connectivity index (χ4n) is 6.14. The van der Waals surface area contributed by atoms with Crippen molar-refractivity contribution in [3.63, 3.8) is 0 Å². The number of benzene rings is 1. The maximum atomic E-state index is 13.6. The third-order valence-corrected chi connectivity index (χ3v) is 7.82. The topological polar surface area (TPSA) is 199 Å². The number of primary amides is 1. The number of nitrogens with two attached hydrogens (primary N) is 1. The van der Waals surface area contributed by atoms with Gasteiger partial charge in [-0.25, -0.2) is 0 Å². The number of likely N-dealkylation sites (N-methyl/N-ethyl adjacent to an activating group) is 2. The lowest BCUT2D eigenvalue weighted by molar-refractivity contribution is -0.178. The lowest BCUT2D eigenvalue weighted by Gasteiger charge is -2.53. The Labute approximate surface area is 212 Å². The van der Waals surface area contributed by atoms with Crippen molar-refractivity contribution >= 4 is 29.2 Å². The average Bonchev–Trinajstić information content (AvgIpc) is 2.80. The van der Waals surface area contributed by atoms with Gasteiger partial charge in [-0.15, -0.1) is 0 Å². The Morgan fingerprint density at radius 2 is 1.70 bits per heavy atom. The van der Waals surface area contributed by atoms with Crippen molar-refractivity contribution in [1.29, 1.82) is 0 Å². The highest BCUT2D eigenvalue weighted by Gasteiger charge is 2.66. The third kappa shape index (κ3) is 3.58. The summed E-state index contributed by atoms with van der Waals surface area (Å²) >= 11 is 0. The van der Waals surface area contributed by atoms with Crippen molar-refractivity contribution in [3.8, 4) is 5.75 Å². The smallest absolute Gasteiger partial charge is 0.294 e. The zero-order valence-corrected chi connectivity index (χ0v) is 20.8. The van der Waals surface area contributed by atoms with E-state index in [0.29, 0.717) is 0 Å². The van der Waals surface area contributed by atoms with Crippen LogP contribution in [0, 0.1) is 17.8 Å². The molecule has 2 amide bonds. The van der Waals surface area contributed by atoms with E-state index in [1.807, 2.05) is 0 Å². The molecule has 6 N–H and O–H groups in total. The Morgan fingerprint density at radius 1 is 1.08 bits per heavy atom. The molecule has 37 heavy (non-hydrogen) atoms. The number of carbonyl (C=O) groups is 5. The first-order chi connectivity index (χ1) is 17.2. The van der Waals surface area contributed by atoms with Crippen LogP contribution >= 0.6 is 0 Å². The minimum atomic E-state index is -2.70. The summed E-state index contributed by atoms with van der Waals surface area (Å²) in [6, 6.07) is 1.31. The number of hydrogen-bond acceptors (Lipinski definition) is 10. The molecule has 0 aliphatic heterocycles. The molecule has 3 unspecified atom stereocenters. The molecular formula is C25H29N3O9. The van der Waals surface area contributed by atoms with Crippen LogP contribution in [0.25, 0.3) is 0 Å². The van der Waals surface area contributed by atoms with Crippen LogP contribution in [0.4, 0.5) is 0 Å². The number of carbonyl (C=O) groups excluding carboxylic acids is 5. The van der Waals surface area contributed by atoms with Gasteiger partial charge >= 0.3 is 0 Å². The summed E-state index contributed by atoms with van der Waals surface area (Å²) in [6.07, 6.45) is -1.76. The maximum Gasteiger partial charge on any atom is 0.294 e. The number of aliphatic hydroxyl groups is 3. The Morgan fingerprint density at radius 3 is 2.24 bits per heavy atom. The van der Waals surface area contributed by atoms with Gasteiger partial charge in [-0.1, -0.05) is 0 Å². The molecule has 0 saturated heterocycles. The molecule has 1 aromatic rings. The van der Waals surface area contributed by atoms with Crippen molar-refractivity contribution in [2.24, 2.45) is 23.5 Å². The quantitative estimate of drug-likeness (QED) is 0.180. The number of nitrogens with zero attached hydrogens (tertiary/aromatic N) is 2. The molecule has 1 aromatic carbocycles. The fourth-order valence-corrected chi connectivity index (χ4v) is 6.14. The van der Waals surface area contributed by atoms with Crippen molar-refractivity contribution in [1.82, 2.24) is 9.80 Å². The summed E-state index contributed by atoms with van der Waals surface area (Å²) < 4.78 is 0. The lowest BCUT2D eigenvalue weighted by Crippen LogP contribution is -2.71. The SMILES string of the molecule is CN(C)C(=O)C(=O)c1ccc(O)c2c1C[C@H]1C[C@H]3C(N(C)C)C(O)C(C(N)=O)C(=O)[C@@]3(O)C(O)=C1C2=O. The van der Waals surface area contributed by atoms with Gasteiger partial charge in [0.05, 0.1) is 11.7 Å². The summed E-state index contributed by atoms with van der Waals surface area (Å²) in [4.78, 5) is 66.9. The number of aromatic hydroxyl groups is 1. The van der Waals surface area contributed by atoms with E-state index in [-0.39, 0.29) is 35.1 Å². The molecule has 0 heterocycles. The van der Waals surface area contributed by atoms with Crippen LogP contribution < -0.4 is 5.73 Å². The number of amides is 2. The van der Waals surface area contributed by atoms with Crippen molar-refractivity contribution in [3.05, 3.63) is 40.2 Å². The molecule has 0 radical (unpaired) electrons. The molecule has 3 aliphatic carbocycles. The van der Waals surface area contributed by atoms with E-state index in [4.69, 9.17) is 5.73 Å². The second-order valence-corrected chi connectivity index (χ2v) is 10.3. The standard InChI is InChI=1S/C25H29N3O9/c1-27(2)17-12-8-9-7-11-10(18(30)24(36)28(3)4)5-6-13(29)15(11)19(31)14(9)21(33)25(12,37)22(34)16(20(17)32)23(26)35/h5-6,9,12,16-17,20,29,32-33,37H,7-8H2,1-4H3,(H2,26,35)/t9-,12-,16?,17?,20?,25-/m0/s1. The molecule has 12 nitrogen and oxygen atoms in total. The molecular weight excluding hydrogens is 486 g/mol. The average molecular weight is 516 g/mol. The summed E-state index contributed by atoms with van der Waals surface area (Å²) in [5.41, 5.74) is 2.02. The van der Waals surface area contributed by atoms with Gasteiger partial charge in [0.25, 0.3) is 11.7 Å². The van der Waals surface area contributed by atoms with Gasteiger partial charge in [-0.2, -0.15) is 0 Å². The van der Waals surface area contributed by atoms with E-state index in [9.17, 15) is 44.4 Å². The van der Waals surface area contributed by atoms with Crippen LogP contribution in [0.15, 0.2) is 23.5 Å². The Bertz CT molecular complexity index is 1280. The minimum absolute atomic E-state index is 0.0765. The predicted molar refractivity (Wildman–Crippen MR) is 127 cm³/mol. The van der Waals surface area contributed by atoms with Gasteiger partial charge in [-0.3, -0.25) is 24.0 Å². The Balaban J connectivity index is 1.93. The van der Waals surface area contributed by atoms with Gasteiger partial charge in [0.15, 0.2) is 17.2 Å². The first-order valence-corrected chi connectivity index (χ1v) is 11.7. The summed E-state index contributed by atoms with van der Waals surface area (Å²) in [5.74, 6) is -10.4. The number of ketones is 3. The van der Waals surface area contributed by atoms with Crippen molar-refractivity contribution in [2.45, 2.75) is 30.6 Å². The van der Waals surface area contributed by atoms with Crippen LogP contribution in [0.3, 0.4) is 0 Å². The zero-order chi connectivity index (χ0) is 27.7. The lowest BCUT2D eigenvalue weighted by atomic mass is 9.56. The molecule has 1 fully saturated rings. The number of phenolic OH excluding ortho intramolecular Hbond substituents is 1. The van der Waals surface area contributed by atoms with Gasteiger partial charge < -0.3 is 36.0 Å². The number of hydrogen-bond donors (Lipinski definition) is 5. The number of rotatable bonds is 4. The molecule has 3 aliphatic rings. The highest BCUT2D eigenvalue weighted by Crippen LogP contribution is 2.52. The Kier molecular flexibility index (Phi) is 6.26. The maximum absolute atomic E-state index is 13.6.